The van der Waals surface area contributed by atoms with Gasteiger partial charge in [0.25, 0.3) is 0 Å². The Labute approximate surface area is 112 Å². The smallest absolute Gasteiger partial charge is 0.312 e. The van der Waals surface area contributed by atoms with Gasteiger partial charge in [-0.2, -0.15) is 11.8 Å². The van der Waals surface area contributed by atoms with E-state index in [0.717, 1.165) is 31.0 Å². The van der Waals surface area contributed by atoms with Crippen LogP contribution in [0.4, 0.5) is 11.5 Å². The van der Waals surface area contributed by atoms with E-state index in [-0.39, 0.29) is 10.6 Å². The summed E-state index contributed by atoms with van der Waals surface area (Å²) in [5, 5.41) is 11.0. The van der Waals surface area contributed by atoms with E-state index in [0.29, 0.717) is 10.3 Å². The lowest BCUT2D eigenvalue weighted by Gasteiger charge is -2.20. The highest BCUT2D eigenvalue weighted by Crippen LogP contribution is 2.29. The van der Waals surface area contributed by atoms with Gasteiger partial charge in [0.15, 0.2) is 0 Å². The first-order valence-corrected chi connectivity index (χ1v) is 7.26. The third-order valence-electron chi connectivity index (χ3n) is 2.53. The molecule has 0 aliphatic carbocycles. The molecule has 0 atom stereocenters. The number of hydrogen-bond donors (Lipinski definition) is 0. The first-order valence-electron chi connectivity index (χ1n) is 5.31. The van der Waals surface area contributed by atoms with Crippen molar-refractivity contribution in [3.8, 4) is 0 Å². The summed E-state index contributed by atoms with van der Waals surface area (Å²) in [7, 11) is 0. The van der Waals surface area contributed by atoms with E-state index in [1.807, 2.05) is 16.7 Å². The summed E-state index contributed by atoms with van der Waals surface area (Å²) in [6.07, 6.45) is 2.65. The van der Waals surface area contributed by atoms with Gasteiger partial charge in [0.05, 0.1) is 4.92 Å². The van der Waals surface area contributed by atoms with Gasteiger partial charge in [-0.05, 0) is 28.1 Å². The van der Waals surface area contributed by atoms with Crippen LogP contribution in [0.15, 0.2) is 16.7 Å². The summed E-state index contributed by atoms with van der Waals surface area (Å²) in [6, 6.07) is 1.51. The van der Waals surface area contributed by atoms with Gasteiger partial charge in [0.1, 0.15) is 0 Å². The second-order valence-electron chi connectivity index (χ2n) is 3.71. The molecule has 2 rings (SSSR count). The molecule has 17 heavy (non-hydrogen) atoms. The summed E-state index contributed by atoms with van der Waals surface area (Å²) in [5.74, 6) is 2.59. The van der Waals surface area contributed by atoms with E-state index in [4.69, 9.17) is 0 Å². The first-order chi connectivity index (χ1) is 8.18. The zero-order valence-electron chi connectivity index (χ0n) is 9.13. The van der Waals surface area contributed by atoms with Gasteiger partial charge in [-0.1, -0.05) is 0 Å². The summed E-state index contributed by atoms with van der Waals surface area (Å²) >= 11 is 5.10. The van der Waals surface area contributed by atoms with E-state index in [1.54, 1.807) is 6.20 Å². The van der Waals surface area contributed by atoms with E-state index in [9.17, 15) is 10.1 Å². The lowest BCUT2D eigenvalue weighted by molar-refractivity contribution is -0.384. The highest BCUT2D eigenvalue weighted by molar-refractivity contribution is 9.10. The zero-order valence-corrected chi connectivity index (χ0v) is 11.5. The van der Waals surface area contributed by atoms with Crippen LogP contribution in [-0.2, 0) is 0 Å². The number of halogens is 1. The van der Waals surface area contributed by atoms with Crippen molar-refractivity contribution in [2.45, 2.75) is 6.42 Å². The molecule has 2 heterocycles. The quantitative estimate of drug-likeness (QED) is 0.620. The standard InChI is InChI=1S/C10H12BrN3O2S/c11-8-6-9(14(15)16)10(12-7-8)13-2-1-4-17-5-3-13/h6-7H,1-5H2. The molecule has 1 fully saturated rings. The van der Waals surface area contributed by atoms with Gasteiger partial charge in [-0.25, -0.2) is 4.98 Å². The zero-order chi connectivity index (χ0) is 12.3. The minimum atomic E-state index is -0.370. The summed E-state index contributed by atoms with van der Waals surface area (Å²) in [6.45, 7) is 1.66. The highest BCUT2D eigenvalue weighted by Gasteiger charge is 2.22. The van der Waals surface area contributed by atoms with Gasteiger partial charge in [0.2, 0.25) is 5.82 Å². The van der Waals surface area contributed by atoms with Crippen LogP contribution < -0.4 is 4.90 Å². The fourth-order valence-electron chi connectivity index (χ4n) is 1.76. The Morgan fingerprint density at radius 3 is 3.06 bits per heavy atom. The Morgan fingerprint density at radius 2 is 2.29 bits per heavy atom. The molecule has 1 aliphatic rings. The second-order valence-corrected chi connectivity index (χ2v) is 5.85. The third-order valence-corrected chi connectivity index (χ3v) is 4.01. The Hall–Kier alpha value is -0.820. The Bertz CT molecular complexity index is 422. The number of nitrogens with zero attached hydrogens (tertiary/aromatic N) is 3. The molecular weight excluding hydrogens is 306 g/mol. The van der Waals surface area contributed by atoms with Gasteiger partial charge in [-0.15, -0.1) is 0 Å². The number of aromatic nitrogens is 1. The molecule has 1 saturated heterocycles. The van der Waals surface area contributed by atoms with Crippen LogP contribution in [0.2, 0.25) is 0 Å². The molecule has 1 aromatic heterocycles. The molecule has 0 unspecified atom stereocenters. The number of pyridine rings is 1. The van der Waals surface area contributed by atoms with E-state index in [2.05, 4.69) is 20.9 Å². The molecule has 0 amide bonds. The number of rotatable bonds is 2. The van der Waals surface area contributed by atoms with Crippen LogP contribution in [-0.4, -0.2) is 34.5 Å². The van der Waals surface area contributed by atoms with Gasteiger partial charge in [-0.3, -0.25) is 10.1 Å². The minimum absolute atomic E-state index is 0.0753. The molecule has 92 valence electrons. The van der Waals surface area contributed by atoms with Crippen molar-refractivity contribution in [1.29, 1.82) is 0 Å². The number of thioether (sulfide) groups is 1. The van der Waals surface area contributed by atoms with Crippen LogP contribution in [0.1, 0.15) is 6.42 Å². The van der Waals surface area contributed by atoms with Crippen molar-refractivity contribution in [3.63, 3.8) is 0 Å². The van der Waals surface area contributed by atoms with Gasteiger partial charge in [0, 0.05) is 35.6 Å². The monoisotopic (exact) mass is 317 g/mol. The molecule has 7 heteroatoms. The summed E-state index contributed by atoms with van der Waals surface area (Å²) in [5.41, 5.74) is 0.0753. The summed E-state index contributed by atoms with van der Waals surface area (Å²) in [4.78, 5) is 16.8. The Kier molecular flexibility index (Phi) is 4.22. The molecule has 0 aromatic carbocycles. The van der Waals surface area contributed by atoms with Crippen molar-refractivity contribution >= 4 is 39.2 Å². The molecule has 0 N–H and O–H groups in total. The number of anilines is 1. The lowest BCUT2D eigenvalue weighted by atomic mass is 10.3. The topological polar surface area (TPSA) is 59.3 Å². The molecule has 0 saturated carbocycles. The van der Waals surface area contributed by atoms with Crippen molar-refractivity contribution in [3.05, 3.63) is 26.9 Å². The Balaban J connectivity index is 2.32. The summed E-state index contributed by atoms with van der Waals surface area (Å²) < 4.78 is 0.636. The maximum Gasteiger partial charge on any atom is 0.312 e. The number of hydrogen-bond acceptors (Lipinski definition) is 5. The fourth-order valence-corrected chi connectivity index (χ4v) is 2.96. The lowest BCUT2D eigenvalue weighted by Crippen LogP contribution is -2.27. The van der Waals surface area contributed by atoms with Crippen molar-refractivity contribution in [1.82, 2.24) is 4.98 Å². The van der Waals surface area contributed by atoms with Crippen molar-refractivity contribution in [2.24, 2.45) is 0 Å². The van der Waals surface area contributed by atoms with E-state index < -0.39 is 0 Å². The van der Waals surface area contributed by atoms with Crippen LogP contribution in [0.5, 0.6) is 0 Å². The predicted octanol–water partition coefficient (Wildman–Crippen LogP) is 2.70. The van der Waals surface area contributed by atoms with E-state index >= 15 is 0 Å². The Morgan fingerprint density at radius 1 is 1.47 bits per heavy atom. The molecule has 0 bridgehead atoms. The van der Waals surface area contributed by atoms with Crippen LogP contribution in [0.3, 0.4) is 0 Å². The van der Waals surface area contributed by atoms with Gasteiger partial charge >= 0.3 is 5.69 Å². The molecular formula is C10H12BrN3O2S. The van der Waals surface area contributed by atoms with Gasteiger partial charge < -0.3 is 4.90 Å². The number of nitro groups is 1. The third kappa shape index (κ3) is 3.10. The predicted molar refractivity (Wildman–Crippen MR) is 72.7 cm³/mol. The molecule has 0 radical (unpaired) electrons. The minimum Gasteiger partial charge on any atom is -0.350 e. The van der Waals surface area contributed by atoms with Crippen LogP contribution in [0, 0.1) is 10.1 Å². The molecule has 1 aromatic rings. The fraction of sp³-hybridized carbons (Fsp3) is 0.500. The SMILES string of the molecule is O=[N+]([O-])c1cc(Br)cnc1N1CCCSCC1. The largest absolute Gasteiger partial charge is 0.350 e. The second kappa shape index (κ2) is 5.68. The normalized spacial score (nSPS) is 16.6. The first kappa shape index (κ1) is 12.6. The molecule has 1 aliphatic heterocycles. The highest BCUT2D eigenvalue weighted by atomic mass is 79.9. The average Bonchev–Trinajstić information content (AvgIpc) is 2.57. The van der Waals surface area contributed by atoms with E-state index in [1.165, 1.54) is 6.07 Å². The van der Waals surface area contributed by atoms with Crippen molar-refractivity contribution < 1.29 is 4.92 Å². The van der Waals surface area contributed by atoms with Crippen LogP contribution >= 0.6 is 27.7 Å². The molecule has 0 spiro atoms. The van der Waals surface area contributed by atoms with Crippen LogP contribution in [0.25, 0.3) is 0 Å². The average molecular weight is 318 g/mol. The maximum atomic E-state index is 11.0. The molecule has 5 nitrogen and oxygen atoms in total. The maximum absolute atomic E-state index is 11.0. The van der Waals surface area contributed by atoms with Crippen molar-refractivity contribution in [2.75, 3.05) is 29.5 Å².